The highest BCUT2D eigenvalue weighted by Crippen LogP contribution is 2.31. The van der Waals surface area contributed by atoms with Gasteiger partial charge in [-0.3, -0.25) is 0 Å². The van der Waals surface area contributed by atoms with Gasteiger partial charge < -0.3 is 15.2 Å². The Bertz CT molecular complexity index is 540. The predicted molar refractivity (Wildman–Crippen MR) is 72.4 cm³/mol. The maximum absolute atomic E-state index is 6.20. The van der Waals surface area contributed by atoms with E-state index in [2.05, 4.69) is 4.98 Å². The van der Waals surface area contributed by atoms with Crippen molar-refractivity contribution in [3.63, 3.8) is 0 Å². The van der Waals surface area contributed by atoms with Gasteiger partial charge in [-0.1, -0.05) is 6.07 Å². The Morgan fingerprint density at radius 2 is 1.94 bits per heavy atom. The van der Waals surface area contributed by atoms with E-state index in [1.165, 1.54) is 0 Å². The van der Waals surface area contributed by atoms with E-state index in [0.717, 1.165) is 16.3 Å². The average molecular weight is 264 g/mol. The van der Waals surface area contributed by atoms with Gasteiger partial charge in [-0.2, -0.15) is 0 Å². The summed E-state index contributed by atoms with van der Waals surface area (Å²) in [6.07, 6.45) is 0. The Morgan fingerprint density at radius 3 is 2.50 bits per heavy atom. The number of rotatable bonds is 4. The van der Waals surface area contributed by atoms with E-state index in [9.17, 15) is 0 Å². The van der Waals surface area contributed by atoms with E-state index in [0.29, 0.717) is 11.5 Å². The number of hydrogen-bond donors (Lipinski definition) is 1. The van der Waals surface area contributed by atoms with Gasteiger partial charge in [-0.25, -0.2) is 4.98 Å². The topological polar surface area (TPSA) is 57.4 Å². The second kappa shape index (κ2) is 5.37. The lowest BCUT2D eigenvalue weighted by atomic mass is 10.1. The van der Waals surface area contributed by atoms with Crippen molar-refractivity contribution in [2.24, 2.45) is 5.73 Å². The van der Waals surface area contributed by atoms with Gasteiger partial charge in [0.25, 0.3) is 0 Å². The summed E-state index contributed by atoms with van der Waals surface area (Å²) >= 11 is 1.57. The first-order valence-corrected chi connectivity index (χ1v) is 6.43. The third-order valence-corrected chi connectivity index (χ3v) is 3.72. The number of nitrogens with zero attached hydrogens (tertiary/aromatic N) is 1. The molecule has 1 atom stereocenters. The zero-order chi connectivity index (χ0) is 13.1. The maximum Gasteiger partial charge on any atom is 0.161 e. The molecule has 5 heteroatoms. The van der Waals surface area contributed by atoms with Crippen LogP contribution in [0.2, 0.25) is 0 Å². The van der Waals surface area contributed by atoms with Crippen LogP contribution < -0.4 is 15.2 Å². The van der Waals surface area contributed by atoms with E-state index in [-0.39, 0.29) is 6.04 Å². The fraction of sp³-hybridized carbons (Fsp3) is 0.308. The molecule has 2 aromatic rings. The van der Waals surface area contributed by atoms with Gasteiger partial charge >= 0.3 is 0 Å². The second-order valence-electron chi connectivity index (χ2n) is 3.92. The highest BCUT2D eigenvalue weighted by atomic mass is 32.1. The monoisotopic (exact) mass is 264 g/mol. The van der Waals surface area contributed by atoms with E-state index in [4.69, 9.17) is 15.2 Å². The van der Waals surface area contributed by atoms with Crippen LogP contribution in [0.1, 0.15) is 22.3 Å². The zero-order valence-corrected chi connectivity index (χ0v) is 11.5. The number of aryl methyl sites for hydroxylation is 1. The number of ether oxygens (including phenoxy) is 2. The molecule has 4 nitrogen and oxygen atoms in total. The predicted octanol–water partition coefficient (Wildman–Crippen LogP) is 2.52. The van der Waals surface area contributed by atoms with Crippen molar-refractivity contribution in [3.05, 3.63) is 39.8 Å². The SMILES string of the molecule is COc1ccc(C(N)c2nc(C)cs2)cc1OC. The lowest BCUT2D eigenvalue weighted by Crippen LogP contribution is -2.11. The van der Waals surface area contributed by atoms with Crippen LogP contribution >= 0.6 is 11.3 Å². The van der Waals surface area contributed by atoms with Crippen LogP contribution in [0.5, 0.6) is 11.5 Å². The second-order valence-corrected chi connectivity index (χ2v) is 4.81. The molecular formula is C13H16N2O2S. The highest BCUT2D eigenvalue weighted by molar-refractivity contribution is 7.09. The molecule has 0 bridgehead atoms. The fourth-order valence-corrected chi connectivity index (χ4v) is 2.53. The Morgan fingerprint density at radius 1 is 1.22 bits per heavy atom. The summed E-state index contributed by atoms with van der Waals surface area (Å²) in [5.41, 5.74) is 8.15. The van der Waals surface area contributed by atoms with Crippen molar-refractivity contribution in [1.29, 1.82) is 0 Å². The third kappa shape index (κ3) is 2.47. The first-order chi connectivity index (χ1) is 8.65. The number of thiazole rings is 1. The van der Waals surface area contributed by atoms with Crippen molar-refractivity contribution >= 4 is 11.3 Å². The Kier molecular flexibility index (Phi) is 3.84. The molecule has 0 amide bonds. The Balaban J connectivity index is 2.33. The number of benzene rings is 1. The molecule has 0 fully saturated rings. The number of nitrogens with two attached hydrogens (primary N) is 1. The molecule has 0 spiro atoms. The minimum Gasteiger partial charge on any atom is -0.493 e. The van der Waals surface area contributed by atoms with Gasteiger partial charge in [0.05, 0.1) is 20.3 Å². The van der Waals surface area contributed by atoms with E-state index < -0.39 is 0 Å². The summed E-state index contributed by atoms with van der Waals surface area (Å²) in [7, 11) is 3.22. The van der Waals surface area contributed by atoms with Crippen molar-refractivity contribution in [1.82, 2.24) is 4.98 Å². The molecule has 0 aliphatic carbocycles. The summed E-state index contributed by atoms with van der Waals surface area (Å²) in [5.74, 6) is 1.38. The van der Waals surface area contributed by atoms with Gasteiger partial charge in [0, 0.05) is 11.1 Å². The van der Waals surface area contributed by atoms with Crippen LogP contribution in [-0.4, -0.2) is 19.2 Å². The molecular weight excluding hydrogens is 248 g/mol. The first-order valence-electron chi connectivity index (χ1n) is 5.55. The molecule has 2 N–H and O–H groups in total. The maximum atomic E-state index is 6.20. The van der Waals surface area contributed by atoms with Crippen molar-refractivity contribution in [2.45, 2.75) is 13.0 Å². The summed E-state index contributed by atoms with van der Waals surface area (Å²) < 4.78 is 10.5. The quantitative estimate of drug-likeness (QED) is 0.922. The molecule has 0 aliphatic rings. The van der Waals surface area contributed by atoms with Crippen molar-refractivity contribution in [3.8, 4) is 11.5 Å². The molecule has 1 aromatic carbocycles. The van der Waals surface area contributed by atoms with Crippen LogP contribution in [0.4, 0.5) is 0 Å². The summed E-state index contributed by atoms with van der Waals surface area (Å²) in [6, 6.07) is 5.45. The Labute approximate surface area is 110 Å². The minimum atomic E-state index is -0.233. The van der Waals surface area contributed by atoms with Gasteiger partial charge in [0.2, 0.25) is 0 Å². The largest absolute Gasteiger partial charge is 0.493 e. The highest BCUT2D eigenvalue weighted by Gasteiger charge is 2.15. The summed E-state index contributed by atoms with van der Waals surface area (Å²) in [4.78, 5) is 4.41. The lowest BCUT2D eigenvalue weighted by Gasteiger charge is -2.13. The summed E-state index contributed by atoms with van der Waals surface area (Å²) in [5, 5.41) is 2.90. The number of aromatic nitrogens is 1. The normalized spacial score (nSPS) is 12.2. The molecule has 1 unspecified atom stereocenters. The zero-order valence-electron chi connectivity index (χ0n) is 10.6. The molecule has 18 heavy (non-hydrogen) atoms. The molecule has 1 heterocycles. The third-order valence-electron chi connectivity index (χ3n) is 2.67. The number of methoxy groups -OCH3 is 2. The van der Waals surface area contributed by atoms with Gasteiger partial charge in [0.15, 0.2) is 11.5 Å². The minimum absolute atomic E-state index is 0.233. The van der Waals surface area contributed by atoms with Gasteiger partial charge in [0.1, 0.15) is 5.01 Å². The van der Waals surface area contributed by atoms with Crippen LogP contribution in [0.25, 0.3) is 0 Å². The van der Waals surface area contributed by atoms with Crippen LogP contribution in [0.3, 0.4) is 0 Å². The molecule has 0 saturated carbocycles. The van der Waals surface area contributed by atoms with Crippen LogP contribution in [0, 0.1) is 6.92 Å². The molecule has 0 radical (unpaired) electrons. The van der Waals surface area contributed by atoms with Crippen LogP contribution in [-0.2, 0) is 0 Å². The lowest BCUT2D eigenvalue weighted by molar-refractivity contribution is 0.354. The molecule has 0 saturated heterocycles. The molecule has 2 rings (SSSR count). The smallest absolute Gasteiger partial charge is 0.161 e. The Hall–Kier alpha value is -1.59. The number of hydrogen-bond acceptors (Lipinski definition) is 5. The first kappa shape index (κ1) is 12.9. The van der Waals surface area contributed by atoms with E-state index >= 15 is 0 Å². The van der Waals surface area contributed by atoms with E-state index in [1.807, 2.05) is 30.5 Å². The molecule has 1 aromatic heterocycles. The van der Waals surface area contributed by atoms with E-state index in [1.54, 1.807) is 25.6 Å². The van der Waals surface area contributed by atoms with Crippen molar-refractivity contribution < 1.29 is 9.47 Å². The van der Waals surface area contributed by atoms with Crippen LogP contribution in [0.15, 0.2) is 23.6 Å². The standard InChI is InChI=1S/C13H16N2O2S/c1-8-7-18-13(15-8)12(14)9-4-5-10(16-2)11(6-9)17-3/h4-7,12H,14H2,1-3H3. The fourth-order valence-electron chi connectivity index (χ4n) is 1.70. The molecule has 0 aliphatic heterocycles. The molecule has 96 valence electrons. The average Bonchev–Trinajstić information content (AvgIpc) is 2.83. The van der Waals surface area contributed by atoms with Gasteiger partial charge in [-0.05, 0) is 24.6 Å². The summed E-state index contributed by atoms with van der Waals surface area (Å²) in [6.45, 7) is 1.96. The van der Waals surface area contributed by atoms with Crippen molar-refractivity contribution in [2.75, 3.05) is 14.2 Å². The van der Waals surface area contributed by atoms with Gasteiger partial charge in [-0.15, -0.1) is 11.3 Å².